The van der Waals surface area contributed by atoms with Gasteiger partial charge in [0.15, 0.2) is 0 Å². The van der Waals surface area contributed by atoms with Crippen molar-refractivity contribution in [3.63, 3.8) is 0 Å². The van der Waals surface area contributed by atoms with Crippen molar-refractivity contribution in [3.8, 4) is 0 Å². The van der Waals surface area contributed by atoms with Crippen molar-refractivity contribution in [2.24, 2.45) is 0 Å². The van der Waals surface area contributed by atoms with E-state index < -0.39 is 0 Å². The first-order valence-electron chi connectivity index (χ1n) is 6.87. The maximum absolute atomic E-state index is 5.73. The second kappa shape index (κ2) is 9.86. The lowest BCUT2D eigenvalue weighted by Crippen LogP contribution is -2.16. The fraction of sp³-hybridized carbons (Fsp3) is 0.500. The molecule has 100 valence electrons. The van der Waals surface area contributed by atoms with Gasteiger partial charge in [-0.15, -0.1) is 0 Å². The van der Waals surface area contributed by atoms with Gasteiger partial charge in [0.05, 0.1) is 12.7 Å². The molecule has 1 aromatic carbocycles. The smallest absolute Gasteiger partial charge is 0.0654 e. The van der Waals surface area contributed by atoms with Crippen LogP contribution in [0.25, 0.3) is 6.08 Å². The van der Waals surface area contributed by atoms with Gasteiger partial charge in [-0.25, -0.2) is 0 Å². The molecule has 0 heterocycles. The lowest BCUT2D eigenvalue weighted by Gasteiger charge is -2.11. The third-order valence-electron chi connectivity index (χ3n) is 2.80. The number of hydrogen-bond acceptors (Lipinski definition) is 2. The number of nitrogens with one attached hydrogen (secondary N) is 1. The molecule has 1 unspecified atom stereocenters. The first kappa shape index (κ1) is 14.9. The van der Waals surface area contributed by atoms with Crippen LogP contribution in [-0.4, -0.2) is 25.8 Å². The number of ether oxygens (including phenoxy) is 1. The molecule has 0 radical (unpaired) electrons. The summed E-state index contributed by atoms with van der Waals surface area (Å²) in [5.41, 5.74) is 1.22. The molecule has 0 aliphatic carbocycles. The summed E-state index contributed by atoms with van der Waals surface area (Å²) in [6.45, 7) is 7.10. The minimum atomic E-state index is 0.337. The molecule has 2 nitrogen and oxygen atoms in total. The zero-order chi connectivity index (χ0) is 13.1. The molecule has 1 atom stereocenters. The topological polar surface area (TPSA) is 21.3 Å². The van der Waals surface area contributed by atoms with Crippen molar-refractivity contribution < 1.29 is 4.74 Å². The van der Waals surface area contributed by atoms with E-state index in [2.05, 4.69) is 43.4 Å². The lowest BCUT2D eigenvalue weighted by molar-refractivity contribution is 0.0807. The van der Waals surface area contributed by atoms with Crippen LogP contribution in [0.5, 0.6) is 0 Å². The molecule has 0 spiro atoms. The maximum atomic E-state index is 5.73. The average Bonchev–Trinajstić information content (AvgIpc) is 2.41. The monoisotopic (exact) mass is 247 g/mol. The van der Waals surface area contributed by atoms with E-state index in [0.717, 1.165) is 19.5 Å². The molecule has 1 aromatic rings. The largest absolute Gasteiger partial charge is 0.374 e. The minimum absolute atomic E-state index is 0.337. The molecular weight excluding hydrogens is 222 g/mol. The van der Waals surface area contributed by atoms with E-state index >= 15 is 0 Å². The lowest BCUT2D eigenvalue weighted by atomic mass is 10.2. The molecule has 0 amide bonds. The third-order valence-corrected chi connectivity index (χ3v) is 2.80. The zero-order valence-electron chi connectivity index (χ0n) is 11.6. The van der Waals surface area contributed by atoms with Crippen LogP contribution in [0, 0.1) is 0 Å². The molecule has 0 fully saturated rings. The van der Waals surface area contributed by atoms with E-state index in [1.165, 1.54) is 12.0 Å². The minimum Gasteiger partial charge on any atom is -0.374 e. The Morgan fingerprint density at radius 3 is 2.78 bits per heavy atom. The standard InChI is InChI=1S/C16H25NO/c1-3-17-13-7-9-15(2)18-14-8-12-16-10-5-4-6-11-16/h4-6,8,10-12,15,17H,3,7,9,13-14H2,1-2H3. The summed E-state index contributed by atoms with van der Waals surface area (Å²) >= 11 is 0. The Morgan fingerprint density at radius 1 is 1.28 bits per heavy atom. The van der Waals surface area contributed by atoms with E-state index in [0.29, 0.717) is 12.7 Å². The highest BCUT2D eigenvalue weighted by Gasteiger charge is 1.99. The van der Waals surface area contributed by atoms with Crippen LogP contribution in [0.1, 0.15) is 32.3 Å². The van der Waals surface area contributed by atoms with Crippen molar-refractivity contribution in [1.29, 1.82) is 0 Å². The van der Waals surface area contributed by atoms with Gasteiger partial charge in [0.25, 0.3) is 0 Å². The predicted molar refractivity (Wildman–Crippen MR) is 78.7 cm³/mol. The predicted octanol–water partition coefficient (Wildman–Crippen LogP) is 3.49. The van der Waals surface area contributed by atoms with Gasteiger partial charge < -0.3 is 10.1 Å². The van der Waals surface area contributed by atoms with Gasteiger partial charge in [-0.1, -0.05) is 49.4 Å². The fourth-order valence-corrected chi connectivity index (χ4v) is 1.74. The number of hydrogen-bond donors (Lipinski definition) is 1. The average molecular weight is 247 g/mol. The highest BCUT2D eigenvalue weighted by atomic mass is 16.5. The van der Waals surface area contributed by atoms with Crippen molar-refractivity contribution in [1.82, 2.24) is 5.32 Å². The Labute approximate surface area is 111 Å². The van der Waals surface area contributed by atoms with Crippen molar-refractivity contribution in [2.45, 2.75) is 32.8 Å². The maximum Gasteiger partial charge on any atom is 0.0654 e. The molecule has 18 heavy (non-hydrogen) atoms. The van der Waals surface area contributed by atoms with Gasteiger partial charge in [0, 0.05) is 0 Å². The summed E-state index contributed by atoms with van der Waals surface area (Å²) in [5.74, 6) is 0. The Bertz CT molecular complexity index is 321. The summed E-state index contributed by atoms with van der Waals surface area (Å²) in [6, 6.07) is 10.3. The van der Waals surface area contributed by atoms with E-state index in [4.69, 9.17) is 4.74 Å². The number of rotatable bonds is 9. The summed E-state index contributed by atoms with van der Waals surface area (Å²) < 4.78 is 5.73. The molecule has 0 saturated heterocycles. The second-order valence-corrected chi connectivity index (χ2v) is 4.45. The Kier molecular flexibility index (Phi) is 8.19. The third kappa shape index (κ3) is 7.25. The second-order valence-electron chi connectivity index (χ2n) is 4.45. The molecule has 0 bridgehead atoms. The quantitative estimate of drug-likeness (QED) is 0.674. The van der Waals surface area contributed by atoms with Crippen LogP contribution in [-0.2, 0) is 4.74 Å². The highest BCUT2D eigenvalue weighted by Crippen LogP contribution is 2.03. The van der Waals surface area contributed by atoms with Gasteiger partial charge >= 0.3 is 0 Å². The van der Waals surface area contributed by atoms with E-state index in [-0.39, 0.29) is 0 Å². The van der Waals surface area contributed by atoms with Crippen LogP contribution in [0.3, 0.4) is 0 Å². The van der Waals surface area contributed by atoms with Crippen molar-refractivity contribution >= 4 is 6.08 Å². The number of benzene rings is 1. The van der Waals surface area contributed by atoms with Crippen molar-refractivity contribution in [2.75, 3.05) is 19.7 Å². The summed E-state index contributed by atoms with van der Waals surface area (Å²) in [4.78, 5) is 0. The first-order chi connectivity index (χ1) is 8.83. The molecule has 2 heteroatoms. The highest BCUT2D eigenvalue weighted by molar-refractivity contribution is 5.48. The molecule has 1 N–H and O–H groups in total. The van der Waals surface area contributed by atoms with Gasteiger partial charge in [0.1, 0.15) is 0 Å². The fourth-order valence-electron chi connectivity index (χ4n) is 1.74. The molecule has 0 saturated carbocycles. The van der Waals surface area contributed by atoms with Gasteiger partial charge in [-0.3, -0.25) is 0 Å². The van der Waals surface area contributed by atoms with Crippen molar-refractivity contribution in [3.05, 3.63) is 42.0 Å². The van der Waals surface area contributed by atoms with Gasteiger partial charge in [0.2, 0.25) is 0 Å². The van der Waals surface area contributed by atoms with E-state index in [1.807, 2.05) is 18.2 Å². The molecular formula is C16H25NO. The summed E-state index contributed by atoms with van der Waals surface area (Å²) in [7, 11) is 0. The Morgan fingerprint density at radius 2 is 2.06 bits per heavy atom. The first-order valence-corrected chi connectivity index (χ1v) is 6.87. The van der Waals surface area contributed by atoms with Crippen LogP contribution in [0.15, 0.2) is 36.4 Å². The molecule has 0 aliphatic heterocycles. The van der Waals surface area contributed by atoms with E-state index in [9.17, 15) is 0 Å². The SMILES string of the molecule is CCNCCCC(C)OCC=Cc1ccccc1. The van der Waals surface area contributed by atoms with Crippen LogP contribution < -0.4 is 5.32 Å². The Hall–Kier alpha value is -1.12. The van der Waals surface area contributed by atoms with E-state index in [1.54, 1.807) is 0 Å². The van der Waals surface area contributed by atoms with Gasteiger partial charge in [-0.2, -0.15) is 0 Å². The molecule has 1 rings (SSSR count). The van der Waals surface area contributed by atoms with Gasteiger partial charge in [-0.05, 0) is 38.4 Å². The Balaban J connectivity index is 2.08. The summed E-state index contributed by atoms with van der Waals surface area (Å²) in [5, 5.41) is 3.32. The van der Waals surface area contributed by atoms with Crippen LogP contribution >= 0.6 is 0 Å². The molecule has 0 aliphatic rings. The normalized spacial score (nSPS) is 13.0. The molecule has 0 aromatic heterocycles. The summed E-state index contributed by atoms with van der Waals surface area (Å²) in [6.07, 6.45) is 6.81. The zero-order valence-corrected chi connectivity index (χ0v) is 11.6. The van der Waals surface area contributed by atoms with Crippen LogP contribution in [0.4, 0.5) is 0 Å². The van der Waals surface area contributed by atoms with Crippen LogP contribution in [0.2, 0.25) is 0 Å².